The van der Waals surface area contributed by atoms with Crippen molar-refractivity contribution in [2.75, 3.05) is 32.8 Å². The fourth-order valence-electron chi connectivity index (χ4n) is 3.84. The largest absolute Gasteiger partial charge is 0.494 e. The third kappa shape index (κ3) is 4.80. The Morgan fingerprint density at radius 1 is 1.13 bits per heavy atom. The number of hydrogen-bond donors (Lipinski definition) is 1. The van der Waals surface area contributed by atoms with E-state index >= 15 is 0 Å². The Bertz CT molecular complexity index is 1020. The summed E-state index contributed by atoms with van der Waals surface area (Å²) in [7, 11) is 0. The van der Waals surface area contributed by atoms with Gasteiger partial charge in [0.05, 0.1) is 13.2 Å². The van der Waals surface area contributed by atoms with Gasteiger partial charge in [-0.2, -0.15) is 0 Å². The second-order valence-electron chi connectivity index (χ2n) is 8.00. The predicted octanol–water partition coefficient (Wildman–Crippen LogP) is 3.05. The lowest BCUT2D eigenvalue weighted by molar-refractivity contribution is 0.132. The van der Waals surface area contributed by atoms with Gasteiger partial charge < -0.3 is 15.0 Å². The molecule has 0 spiro atoms. The van der Waals surface area contributed by atoms with Crippen LogP contribution in [0.25, 0.3) is 16.9 Å². The van der Waals surface area contributed by atoms with E-state index in [0.717, 1.165) is 41.5 Å². The molecule has 2 amide bonds. The normalized spacial score (nSPS) is 14.9. The first kappa shape index (κ1) is 21.1. The first-order valence-corrected chi connectivity index (χ1v) is 10.9. The molecule has 2 aromatic heterocycles. The number of carbonyl (C=O) groups excluding carboxylic acids is 1. The van der Waals surface area contributed by atoms with Crippen LogP contribution in [-0.2, 0) is 6.54 Å². The van der Waals surface area contributed by atoms with Crippen LogP contribution in [0.4, 0.5) is 4.79 Å². The molecule has 1 fully saturated rings. The molecule has 1 saturated heterocycles. The molecule has 1 N–H and O–H groups in total. The van der Waals surface area contributed by atoms with E-state index in [9.17, 15) is 4.79 Å². The highest BCUT2D eigenvalue weighted by molar-refractivity contribution is 5.75. The number of benzene rings is 1. The van der Waals surface area contributed by atoms with Gasteiger partial charge in [-0.15, -0.1) is 0 Å². The topological polar surface area (TPSA) is 75.5 Å². The first-order chi connectivity index (χ1) is 15.0. The molecule has 8 heteroatoms. The van der Waals surface area contributed by atoms with Gasteiger partial charge in [-0.05, 0) is 57.2 Å². The summed E-state index contributed by atoms with van der Waals surface area (Å²) in [5, 5.41) is 2.97. The lowest BCUT2D eigenvalue weighted by Gasteiger charge is -2.34. The maximum absolute atomic E-state index is 12.3. The molecule has 1 aliphatic rings. The molecule has 3 aromatic rings. The van der Waals surface area contributed by atoms with Crippen LogP contribution in [0.1, 0.15) is 26.6 Å². The number of piperazine rings is 1. The average Bonchev–Trinajstić information content (AvgIpc) is 3.12. The molecule has 0 bridgehead atoms. The van der Waals surface area contributed by atoms with Crippen molar-refractivity contribution in [1.29, 1.82) is 0 Å². The van der Waals surface area contributed by atoms with E-state index in [1.165, 1.54) is 0 Å². The molecule has 31 heavy (non-hydrogen) atoms. The Labute approximate surface area is 182 Å². The molecule has 0 atom stereocenters. The van der Waals surface area contributed by atoms with Crippen LogP contribution in [0, 0.1) is 0 Å². The number of ether oxygens (including phenoxy) is 1. The smallest absolute Gasteiger partial charge is 0.317 e. The van der Waals surface area contributed by atoms with E-state index in [1.54, 1.807) is 6.20 Å². The highest BCUT2D eigenvalue weighted by Crippen LogP contribution is 2.23. The van der Waals surface area contributed by atoms with Gasteiger partial charge in [-0.1, -0.05) is 0 Å². The monoisotopic (exact) mass is 422 g/mol. The van der Waals surface area contributed by atoms with E-state index in [1.807, 2.05) is 62.1 Å². The van der Waals surface area contributed by atoms with Crippen molar-refractivity contribution in [2.24, 2.45) is 0 Å². The summed E-state index contributed by atoms with van der Waals surface area (Å²) in [5.41, 5.74) is 2.73. The van der Waals surface area contributed by atoms with Crippen molar-refractivity contribution < 1.29 is 9.53 Å². The molecule has 1 aliphatic heterocycles. The molecule has 164 valence electrons. The quantitative estimate of drug-likeness (QED) is 0.661. The first-order valence-electron chi connectivity index (χ1n) is 10.9. The van der Waals surface area contributed by atoms with Gasteiger partial charge >= 0.3 is 6.03 Å². The third-order valence-electron chi connectivity index (χ3n) is 5.33. The van der Waals surface area contributed by atoms with Crippen LogP contribution < -0.4 is 10.1 Å². The lowest BCUT2D eigenvalue weighted by atomic mass is 10.3. The molecule has 8 nitrogen and oxygen atoms in total. The van der Waals surface area contributed by atoms with Crippen molar-refractivity contribution in [3.05, 3.63) is 48.4 Å². The van der Waals surface area contributed by atoms with E-state index in [0.29, 0.717) is 26.2 Å². The molecule has 0 unspecified atom stereocenters. The number of aromatic nitrogens is 3. The number of pyridine rings is 1. The summed E-state index contributed by atoms with van der Waals surface area (Å²) >= 11 is 0. The maximum atomic E-state index is 12.3. The summed E-state index contributed by atoms with van der Waals surface area (Å²) in [5.74, 6) is 1.79. The van der Waals surface area contributed by atoms with Crippen molar-refractivity contribution in [1.82, 2.24) is 29.7 Å². The van der Waals surface area contributed by atoms with Crippen LogP contribution in [-0.4, -0.2) is 69.2 Å². The van der Waals surface area contributed by atoms with Gasteiger partial charge in [0.15, 0.2) is 5.65 Å². The number of imidazole rings is 1. The number of nitrogens with one attached hydrogen (secondary N) is 1. The molecular weight excluding hydrogens is 392 g/mol. The minimum absolute atomic E-state index is 0.0143. The van der Waals surface area contributed by atoms with E-state index in [4.69, 9.17) is 9.72 Å². The van der Waals surface area contributed by atoms with Gasteiger partial charge in [-0.3, -0.25) is 9.47 Å². The van der Waals surface area contributed by atoms with E-state index < -0.39 is 0 Å². The Morgan fingerprint density at radius 3 is 2.55 bits per heavy atom. The highest BCUT2D eigenvalue weighted by atomic mass is 16.5. The van der Waals surface area contributed by atoms with Gasteiger partial charge in [0.25, 0.3) is 0 Å². The lowest BCUT2D eigenvalue weighted by Crippen LogP contribution is -2.52. The van der Waals surface area contributed by atoms with Crippen molar-refractivity contribution in [3.8, 4) is 11.4 Å². The number of hydrogen-bond acceptors (Lipinski definition) is 5. The van der Waals surface area contributed by atoms with E-state index in [-0.39, 0.29) is 12.1 Å². The zero-order valence-electron chi connectivity index (χ0n) is 18.4. The van der Waals surface area contributed by atoms with Crippen LogP contribution >= 0.6 is 0 Å². The number of nitrogens with zero attached hydrogens (tertiary/aromatic N) is 5. The zero-order chi connectivity index (χ0) is 21.8. The highest BCUT2D eigenvalue weighted by Gasteiger charge is 2.23. The molecule has 4 rings (SSSR count). The number of amides is 2. The second-order valence-corrected chi connectivity index (χ2v) is 8.00. The van der Waals surface area contributed by atoms with E-state index in [2.05, 4.69) is 19.8 Å². The molecule has 0 saturated carbocycles. The minimum atomic E-state index is 0.0143. The second kappa shape index (κ2) is 9.34. The fourth-order valence-corrected chi connectivity index (χ4v) is 3.84. The van der Waals surface area contributed by atoms with Crippen molar-refractivity contribution >= 4 is 17.2 Å². The molecule has 3 heterocycles. The SMILES string of the molecule is CCOc1ccc(-n2c(CN3CCN(C(=O)NC(C)C)CC3)nc3cccnc32)cc1. The van der Waals surface area contributed by atoms with Crippen molar-refractivity contribution in [2.45, 2.75) is 33.4 Å². The summed E-state index contributed by atoms with van der Waals surface area (Å²) in [6, 6.07) is 12.1. The van der Waals surface area contributed by atoms with Crippen LogP contribution in [0.5, 0.6) is 5.75 Å². The minimum Gasteiger partial charge on any atom is -0.494 e. The van der Waals surface area contributed by atoms with Crippen LogP contribution in [0.15, 0.2) is 42.6 Å². The Balaban J connectivity index is 1.53. The Hall–Kier alpha value is -3.13. The van der Waals surface area contributed by atoms with Gasteiger partial charge in [0.2, 0.25) is 0 Å². The summed E-state index contributed by atoms with van der Waals surface area (Å²) < 4.78 is 7.70. The maximum Gasteiger partial charge on any atom is 0.317 e. The summed E-state index contributed by atoms with van der Waals surface area (Å²) in [6.45, 7) is 10.3. The third-order valence-corrected chi connectivity index (χ3v) is 5.33. The molecule has 0 radical (unpaired) electrons. The number of rotatable bonds is 6. The van der Waals surface area contributed by atoms with Gasteiger partial charge in [0.1, 0.15) is 17.1 Å². The van der Waals surface area contributed by atoms with Crippen LogP contribution in [0.3, 0.4) is 0 Å². The van der Waals surface area contributed by atoms with Crippen LogP contribution in [0.2, 0.25) is 0 Å². The summed E-state index contributed by atoms with van der Waals surface area (Å²) in [6.07, 6.45) is 1.80. The zero-order valence-corrected chi connectivity index (χ0v) is 18.4. The number of fused-ring (bicyclic) bond motifs is 1. The molecule has 1 aromatic carbocycles. The summed E-state index contributed by atoms with van der Waals surface area (Å²) in [4.78, 5) is 25.9. The average molecular weight is 423 g/mol. The number of urea groups is 1. The van der Waals surface area contributed by atoms with Gasteiger partial charge in [0, 0.05) is 44.1 Å². The molecule has 0 aliphatic carbocycles. The predicted molar refractivity (Wildman–Crippen MR) is 121 cm³/mol. The Kier molecular flexibility index (Phi) is 6.36. The fraction of sp³-hybridized carbons (Fsp3) is 0.435. The number of carbonyl (C=O) groups is 1. The van der Waals surface area contributed by atoms with Gasteiger partial charge in [-0.25, -0.2) is 14.8 Å². The molecular formula is C23H30N6O2. The Morgan fingerprint density at radius 2 is 1.87 bits per heavy atom. The van der Waals surface area contributed by atoms with Crippen molar-refractivity contribution in [3.63, 3.8) is 0 Å². The standard InChI is InChI=1S/C23H30N6O2/c1-4-31-19-9-7-18(8-10-19)29-21(26-20-6-5-11-24-22(20)29)16-27-12-14-28(15-13-27)23(30)25-17(2)3/h5-11,17H,4,12-16H2,1-3H3,(H,25,30).